The van der Waals surface area contributed by atoms with Gasteiger partial charge in [0.15, 0.2) is 12.4 Å². The van der Waals surface area contributed by atoms with Gasteiger partial charge in [-0.25, -0.2) is 0 Å². The number of Topliss-reactive ketones (excluding diaryl/α,β-unsaturated/α-hetero) is 2. The summed E-state index contributed by atoms with van der Waals surface area (Å²) in [5.74, 6) is -0.654. The van der Waals surface area contributed by atoms with Gasteiger partial charge < -0.3 is 14.8 Å². The van der Waals surface area contributed by atoms with Gasteiger partial charge in [-0.2, -0.15) is 0 Å². The number of fused-ring (bicyclic) bond motifs is 5. The Balaban J connectivity index is 1.57. The molecule has 0 heterocycles. The van der Waals surface area contributed by atoms with Crippen LogP contribution in [0.1, 0.15) is 78.6 Å². The highest BCUT2D eigenvalue weighted by atomic mass is 16.5. The van der Waals surface area contributed by atoms with Gasteiger partial charge in [0.25, 0.3) is 0 Å². The van der Waals surface area contributed by atoms with Crippen LogP contribution in [0, 0.1) is 28.6 Å². The summed E-state index contributed by atoms with van der Waals surface area (Å²) in [5, 5.41) is 2.74. The molecule has 1 N–H and O–H groups in total. The molecule has 0 spiro atoms. The van der Waals surface area contributed by atoms with E-state index in [4.69, 9.17) is 9.47 Å². The van der Waals surface area contributed by atoms with Crippen molar-refractivity contribution in [3.63, 3.8) is 0 Å². The highest BCUT2D eigenvalue weighted by molar-refractivity contribution is 5.95. The molecule has 8 nitrogen and oxygen atoms in total. The zero-order valence-electron chi connectivity index (χ0n) is 22.9. The Morgan fingerprint density at radius 1 is 1.13 bits per heavy atom. The van der Waals surface area contributed by atoms with Crippen LogP contribution in [0.4, 0.5) is 0 Å². The van der Waals surface area contributed by atoms with Crippen molar-refractivity contribution < 1.29 is 33.4 Å². The van der Waals surface area contributed by atoms with Gasteiger partial charge >= 0.3 is 5.97 Å². The Labute approximate surface area is 225 Å². The molecule has 3 fully saturated rings. The molecule has 0 bridgehead atoms. The van der Waals surface area contributed by atoms with Crippen molar-refractivity contribution in [2.75, 3.05) is 19.8 Å². The number of unbranched alkanes of at least 4 members (excludes halogenated alkanes) is 1. The third-order valence-electron chi connectivity index (χ3n) is 10.0. The lowest BCUT2D eigenvalue weighted by molar-refractivity contribution is -0.185. The number of ketones is 3. The zero-order valence-corrected chi connectivity index (χ0v) is 22.9. The van der Waals surface area contributed by atoms with E-state index in [9.17, 15) is 24.0 Å². The van der Waals surface area contributed by atoms with Crippen molar-refractivity contribution in [3.8, 4) is 0 Å². The summed E-state index contributed by atoms with van der Waals surface area (Å²) in [6, 6.07) is 0. The Morgan fingerprint density at radius 2 is 1.89 bits per heavy atom. The summed E-state index contributed by atoms with van der Waals surface area (Å²) in [6.45, 7) is 9.29. The van der Waals surface area contributed by atoms with Gasteiger partial charge in [-0.15, -0.1) is 0 Å². The number of carbonyl (C=O) groups is 5. The molecule has 6 atom stereocenters. The number of rotatable bonds is 10. The van der Waals surface area contributed by atoms with E-state index in [0.29, 0.717) is 45.3 Å². The Hall–Kier alpha value is -2.61. The highest BCUT2D eigenvalue weighted by Crippen LogP contribution is 2.67. The van der Waals surface area contributed by atoms with Crippen LogP contribution in [0.3, 0.4) is 0 Å². The fourth-order valence-electron chi connectivity index (χ4n) is 8.19. The third-order valence-corrected chi connectivity index (χ3v) is 10.0. The first kappa shape index (κ1) is 28.4. The lowest BCUT2D eigenvalue weighted by Crippen LogP contribution is -2.62. The Kier molecular flexibility index (Phi) is 8.12. The van der Waals surface area contributed by atoms with Crippen LogP contribution in [0.2, 0.25) is 0 Å². The van der Waals surface area contributed by atoms with Crippen LogP contribution >= 0.6 is 0 Å². The standard InChI is InChI=1S/C30H41NO7/c1-5-26(36)31-14-6-7-15-38-30(25(35)18-37-19(2)32)13-11-23-22-9-8-20-16-21(33)10-12-28(20,3)27(22)24(34)17-29(23,30)4/h5,16,22-23,27H,1,6-15,17-18H2,2-4H3,(H,31,36)/t22-,23-,27+,28-,29-,30-/m0/s1. The van der Waals surface area contributed by atoms with Gasteiger partial charge in [-0.05, 0) is 74.3 Å². The Bertz CT molecular complexity index is 1060. The van der Waals surface area contributed by atoms with Gasteiger partial charge in [0.2, 0.25) is 11.7 Å². The summed E-state index contributed by atoms with van der Waals surface area (Å²) in [7, 11) is 0. The minimum atomic E-state index is -1.21. The van der Waals surface area contributed by atoms with E-state index in [2.05, 4.69) is 18.8 Å². The van der Waals surface area contributed by atoms with E-state index in [-0.39, 0.29) is 59.5 Å². The fraction of sp³-hybridized carbons (Fsp3) is 0.700. The quantitative estimate of drug-likeness (QED) is 0.262. The molecule has 0 aliphatic heterocycles. The number of allylic oxidation sites excluding steroid dienone is 1. The third kappa shape index (κ3) is 4.80. The summed E-state index contributed by atoms with van der Waals surface area (Å²) in [5.41, 5.74) is -1.11. The van der Waals surface area contributed by atoms with Crippen LogP contribution in [0.5, 0.6) is 0 Å². The summed E-state index contributed by atoms with van der Waals surface area (Å²) in [6.07, 6.45) is 8.57. The molecule has 0 saturated heterocycles. The van der Waals surface area contributed by atoms with Crippen molar-refractivity contribution in [2.24, 2.45) is 28.6 Å². The minimum absolute atomic E-state index is 0.120. The van der Waals surface area contributed by atoms with Gasteiger partial charge in [-0.3, -0.25) is 24.0 Å². The number of amides is 1. The maximum absolute atomic E-state index is 14.0. The SMILES string of the molecule is C=CC(=O)NCCCCO[C@]1(C(=O)COC(C)=O)CC[C@H]2[C@@H]3CCC4=CC(=O)CC[C@]4(C)[C@H]3C(=O)C[C@@]21C. The van der Waals surface area contributed by atoms with E-state index in [1.807, 2.05) is 6.92 Å². The molecule has 208 valence electrons. The number of carbonyl (C=O) groups excluding carboxylic acids is 5. The topological polar surface area (TPSA) is 116 Å². The molecule has 0 unspecified atom stereocenters. The van der Waals surface area contributed by atoms with Gasteiger partial charge in [0.1, 0.15) is 11.4 Å². The summed E-state index contributed by atoms with van der Waals surface area (Å²) < 4.78 is 11.6. The second-order valence-electron chi connectivity index (χ2n) is 12.0. The lowest BCUT2D eigenvalue weighted by atomic mass is 9.46. The first-order chi connectivity index (χ1) is 18.0. The van der Waals surface area contributed by atoms with E-state index in [0.717, 1.165) is 24.8 Å². The number of hydrogen-bond donors (Lipinski definition) is 1. The van der Waals surface area contributed by atoms with Crippen molar-refractivity contribution in [1.29, 1.82) is 0 Å². The second-order valence-corrected chi connectivity index (χ2v) is 12.0. The molecule has 4 aliphatic carbocycles. The largest absolute Gasteiger partial charge is 0.458 e. The number of ether oxygens (including phenoxy) is 2. The van der Waals surface area contributed by atoms with Crippen LogP contribution in [-0.4, -0.2) is 54.6 Å². The maximum Gasteiger partial charge on any atom is 0.303 e. The number of esters is 1. The molecule has 1 amide bonds. The lowest BCUT2D eigenvalue weighted by Gasteiger charge is -2.58. The molecule has 8 heteroatoms. The van der Waals surface area contributed by atoms with Crippen LogP contribution in [-0.2, 0) is 33.4 Å². The van der Waals surface area contributed by atoms with Gasteiger partial charge in [0, 0.05) is 44.2 Å². The van der Waals surface area contributed by atoms with Crippen molar-refractivity contribution >= 4 is 29.2 Å². The van der Waals surface area contributed by atoms with Crippen LogP contribution < -0.4 is 5.32 Å². The van der Waals surface area contributed by atoms with Crippen molar-refractivity contribution in [2.45, 2.75) is 84.2 Å². The first-order valence-electron chi connectivity index (χ1n) is 14.0. The monoisotopic (exact) mass is 527 g/mol. The van der Waals surface area contributed by atoms with E-state index < -0.39 is 17.0 Å². The molecule has 0 aromatic carbocycles. The molecule has 0 aromatic heterocycles. The molecule has 4 aliphatic rings. The minimum Gasteiger partial charge on any atom is -0.458 e. The predicted octanol–water partition coefficient (Wildman–Crippen LogP) is 3.67. The molecule has 0 aromatic rings. The smallest absolute Gasteiger partial charge is 0.303 e. The maximum atomic E-state index is 14.0. The van der Waals surface area contributed by atoms with E-state index in [1.54, 1.807) is 6.08 Å². The predicted molar refractivity (Wildman–Crippen MR) is 140 cm³/mol. The van der Waals surface area contributed by atoms with E-state index in [1.165, 1.54) is 13.0 Å². The Morgan fingerprint density at radius 3 is 2.61 bits per heavy atom. The summed E-state index contributed by atoms with van der Waals surface area (Å²) >= 11 is 0. The van der Waals surface area contributed by atoms with Crippen LogP contribution in [0.15, 0.2) is 24.3 Å². The zero-order chi connectivity index (χ0) is 27.7. The van der Waals surface area contributed by atoms with Crippen molar-refractivity contribution in [1.82, 2.24) is 5.32 Å². The average Bonchev–Trinajstić information content (AvgIpc) is 3.16. The highest BCUT2D eigenvalue weighted by Gasteiger charge is 2.69. The van der Waals surface area contributed by atoms with E-state index >= 15 is 0 Å². The molecule has 0 radical (unpaired) electrons. The van der Waals surface area contributed by atoms with Crippen molar-refractivity contribution in [3.05, 3.63) is 24.3 Å². The fourth-order valence-corrected chi connectivity index (χ4v) is 8.19. The average molecular weight is 528 g/mol. The first-order valence-corrected chi connectivity index (χ1v) is 14.0. The normalized spacial score (nSPS) is 35.9. The molecular weight excluding hydrogens is 486 g/mol. The van der Waals surface area contributed by atoms with Gasteiger partial charge in [0.05, 0.1) is 0 Å². The van der Waals surface area contributed by atoms with Gasteiger partial charge in [-0.1, -0.05) is 26.0 Å². The molecule has 4 rings (SSSR count). The molecular formula is C30H41NO7. The number of nitrogens with one attached hydrogen (secondary N) is 1. The van der Waals surface area contributed by atoms with Crippen LogP contribution in [0.25, 0.3) is 0 Å². The number of hydrogen-bond acceptors (Lipinski definition) is 7. The summed E-state index contributed by atoms with van der Waals surface area (Å²) in [4.78, 5) is 62.8. The second kappa shape index (κ2) is 10.9. The molecule has 38 heavy (non-hydrogen) atoms. The molecule has 3 saturated carbocycles.